The van der Waals surface area contributed by atoms with Crippen molar-refractivity contribution in [1.82, 2.24) is 0 Å². The van der Waals surface area contributed by atoms with E-state index in [2.05, 4.69) is 74.6 Å². The second kappa shape index (κ2) is 42.9. The fourth-order valence-corrected chi connectivity index (χ4v) is 7.10. The van der Waals surface area contributed by atoms with Crippen LogP contribution in [0.3, 0.4) is 0 Å². The number of rotatable bonds is 44. The molecule has 0 rings (SSSR count). The van der Waals surface area contributed by atoms with Gasteiger partial charge in [0, 0.05) is 13.0 Å². The van der Waals surface area contributed by atoms with Gasteiger partial charge in [-0.25, -0.2) is 4.57 Å². The summed E-state index contributed by atoms with van der Waals surface area (Å²) in [7, 11) is 1.64. The molecule has 344 valence electrons. The van der Waals surface area contributed by atoms with Crippen LogP contribution in [0.2, 0.25) is 0 Å². The molecule has 2 unspecified atom stereocenters. The van der Waals surface area contributed by atoms with E-state index in [9.17, 15) is 14.3 Å². The van der Waals surface area contributed by atoms with E-state index in [-0.39, 0.29) is 25.8 Å². The third-order valence-corrected chi connectivity index (χ3v) is 11.0. The maximum atomic E-state index is 12.7. The molecule has 0 aliphatic carbocycles. The molecule has 0 fully saturated rings. The van der Waals surface area contributed by atoms with Gasteiger partial charge in [-0.2, -0.15) is 0 Å². The Bertz CT molecular complexity index is 1130. The molecular formula is C50H93NO7P+. The zero-order chi connectivity index (χ0) is 43.4. The number of unbranched alkanes of at least 4 members (excludes halogenated alkanes) is 20. The van der Waals surface area contributed by atoms with E-state index in [1.54, 1.807) is 0 Å². The van der Waals surface area contributed by atoms with Gasteiger partial charge in [-0.1, -0.05) is 171 Å². The second-order valence-electron chi connectivity index (χ2n) is 17.1. The van der Waals surface area contributed by atoms with Gasteiger partial charge in [0.2, 0.25) is 0 Å². The average Bonchev–Trinajstić information content (AvgIpc) is 3.19. The fraction of sp³-hybridized carbons (Fsp3) is 0.780. The van der Waals surface area contributed by atoms with Crippen molar-refractivity contribution >= 4 is 13.8 Å². The van der Waals surface area contributed by atoms with E-state index in [0.717, 1.165) is 70.6 Å². The van der Waals surface area contributed by atoms with Gasteiger partial charge in [0.25, 0.3) is 0 Å². The van der Waals surface area contributed by atoms with Crippen LogP contribution < -0.4 is 0 Å². The smallest absolute Gasteiger partial charge is 0.457 e. The Labute approximate surface area is 364 Å². The molecule has 1 N–H and O–H groups in total. The van der Waals surface area contributed by atoms with E-state index >= 15 is 0 Å². The van der Waals surface area contributed by atoms with E-state index in [1.165, 1.54) is 103 Å². The summed E-state index contributed by atoms with van der Waals surface area (Å²) in [4.78, 5) is 22.9. The molecular weight excluding hydrogens is 758 g/mol. The third-order valence-electron chi connectivity index (χ3n) is 10.1. The number of likely N-dealkylation sites (N-methyl/N-ethyl adjacent to an activating group) is 1. The van der Waals surface area contributed by atoms with Crippen LogP contribution in [0.1, 0.15) is 194 Å². The van der Waals surface area contributed by atoms with Crippen molar-refractivity contribution in [2.75, 3.05) is 54.1 Å². The van der Waals surface area contributed by atoms with Crippen molar-refractivity contribution in [2.45, 2.75) is 200 Å². The van der Waals surface area contributed by atoms with Crippen molar-refractivity contribution in [3.05, 3.63) is 60.8 Å². The predicted molar refractivity (Wildman–Crippen MR) is 252 cm³/mol. The number of phosphoric ester groups is 1. The first kappa shape index (κ1) is 57.2. The minimum absolute atomic E-state index is 0.0811. The molecule has 9 heteroatoms. The quantitative estimate of drug-likeness (QED) is 0.0215. The molecule has 0 amide bonds. The SMILES string of the molecule is CC/C=C\C/C=C\C/C=C\C/C=C\CCCCCCC(=O)OC(COCCCCCCCCCCCC/C=C\CCCCCCCC)COP(=O)(O)OCC[N+](C)(C)C. The molecule has 0 aliphatic heterocycles. The summed E-state index contributed by atoms with van der Waals surface area (Å²) in [5.74, 6) is -0.337. The topological polar surface area (TPSA) is 91.3 Å². The number of esters is 1. The first-order chi connectivity index (χ1) is 28.6. The Kier molecular flexibility index (Phi) is 41.6. The predicted octanol–water partition coefficient (Wildman–Crippen LogP) is 14.5. The summed E-state index contributed by atoms with van der Waals surface area (Å²) >= 11 is 0. The lowest BCUT2D eigenvalue weighted by molar-refractivity contribution is -0.870. The Morgan fingerprint density at radius 2 is 0.983 bits per heavy atom. The molecule has 0 radical (unpaired) electrons. The number of allylic oxidation sites excluding steroid dienone is 10. The van der Waals surface area contributed by atoms with E-state index < -0.39 is 13.9 Å². The van der Waals surface area contributed by atoms with Crippen molar-refractivity contribution in [1.29, 1.82) is 0 Å². The van der Waals surface area contributed by atoms with Crippen LogP contribution >= 0.6 is 7.82 Å². The Morgan fingerprint density at radius 3 is 1.49 bits per heavy atom. The molecule has 59 heavy (non-hydrogen) atoms. The molecule has 0 aliphatic rings. The normalized spacial score (nSPS) is 14.2. The van der Waals surface area contributed by atoms with Crippen molar-refractivity contribution < 1.29 is 37.3 Å². The Hall–Kier alpha value is -1.80. The molecule has 8 nitrogen and oxygen atoms in total. The van der Waals surface area contributed by atoms with Gasteiger partial charge < -0.3 is 18.9 Å². The minimum atomic E-state index is -4.29. The van der Waals surface area contributed by atoms with Gasteiger partial charge in [-0.3, -0.25) is 13.8 Å². The third kappa shape index (κ3) is 47.1. The zero-order valence-corrected chi connectivity index (χ0v) is 39.9. The number of nitrogens with zero attached hydrogens (tertiary/aromatic N) is 1. The maximum absolute atomic E-state index is 12.7. The highest BCUT2D eigenvalue weighted by Gasteiger charge is 2.26. The molecule has 0 aromatic carbocycles. The number of quaternary nitrogens is 1. The van der Waals surface area contributed by atoms with Gasteiger partial charge >= 0.3 is 13.8 Å². The minimum Gasteiger partial charge on any atom is -0.457 e. The number of carbonyl (C=O) groups is 1. The van der Waals surface area contributed by atoms with Crippen LogP contribution in [0.5, 0.6) is 0 Å². The van der Waals surface area contributed by atoms with Crippen molar-refractivity contribution in [3.8, 4) is 0 Å². The zero-order valence-electron chi connectivity index (χ0n) is 39.0. The second-order valence-corrected chi connectivity index (χ2v) is 18.6. The highest BCUT2D eigenvalue weighted by atomic mass is 31.2. The fourth-order valence-electron chi connectivity index (χ4n) is 6.36. The molecule has 0 bridgehead atoms. The molecule has 0 spiro atoms. The molecule has 0 saturated carbocycles. The van der Waals surface area contributed by atoms with Gasteiger partial charge in [0.15, 0.2) is 0 Å². The first-order valence-corrected chi connectivity index (χ1v) is 25.5. The van der Waals surface area contributed by atoms with Crippen LogP contribution in [0.4, 0.5) is 0 Å². The standard InChI is InChI=1S/C50H92NO7P/c1-6-8-10-12-14-16-18-20-22-24-25-26-28-30-32-34-36-38-40-42-45-55-47-49(48-57-59(53,54)56-46-44-51(3,4)5)58-50(52)43-41-39-37-35-33-31-29-27-23-21-19-17-15-13-11-9-7-2/h9,11,15,17,20-23,29,31,49H,6-8,10,12-14,16,18-19,24-28,30,32-48H2,1-5H3/p+1/b11-9-,17-15-,22-20-,23-21-,31-29-. The summed E-state index contributed by atoms with van der Waals surface area (Å²) in [6.07, 6.45) is 54.0. The average molecular weight is 851 g/mol. The number of hydrogen-bond donors (Lipinski definition) is 1. The monoisotopic (exact) mass is 851 g/mol. The molecule has 0 aromatic rings. The van der Waals surface area contributed by atoms with Crippen LogP contribution in [0.15, 0.2) is 60.8 Å². The maximum Gasteiger partial charge on any atom is 0.472 e. The molecule has 0 heterocycles. The van der Waals surface area contributed by atoms with Gasteiger partial charge in [0.1, 0.15) is 19.3 Å². The van der Waals surface area contributed by atoms with Gasteiger partial charge in [-0.05, 0) is 77.0 Å². The summed E-state index contributed by atoms with van der Waals surface area (Å²) in [5, 5.41) is 0. The van der Waals surface area contributed by atoms with Crippen LogP contribution in [0.25, 0.3) is 0 Å². The number of phosphoric acid groups is 1. The van der Waals surface area contributed by atoms with Crippen molar-refractivity contribution in [3.63, 3.8) is 0 Å². The molecule has 2 atom stereocenters. The van der Waals surface area contributed by atoms with Crippen molar-refractivity contribution in [2.24, 2.45) is 0 Å². The molecule has 0 aromatic heterocycles. The summed E-state index contributed by atoms with van der Waals surface area (Å²) < 4.78 is 35.1. The van der Waals surface area contributed by atoms with Crippen LogP contribution in [0, 0.1) is 0 Å². The highest BCUT2D eigenvalue weighted by Crippen LogP contribution is 2.43. The Balaban J connectivity index is 4.22. The van der Waals surface area contributed by atoms with Gasteiger partial charge in [0.05, 0.1) is 34.4 Å². The lowest BCUT2D eigenvalue weighted by atomic mass is 10.1. The number of carbonyl (C=O) groups excluding carboxylic acids is 1. The molecule has 0 saturated heterocycles. The lowest BCUT2D eigenvalue weighted by Gasteiger charge is -2.24. The van der Waals surface area contributed by atoms with Gasteiger partial charge in [-0.15, -0.1) is 0 Å². The summed E-state index contributed by atoms with van der Waals surface area (Å²) in [6.45, 7) is 5.47. The number of ether oxygens (including phenoxy) is 2. The highest BCUT2D eigenvalue weighted by molar-refractivity contribution is 7.47. The van der Waals surface area contributed by atoms with Crippen LogP contribution in [-0.4, -0.2) is 75.6 Å². The number of hydrogen-bond acceptors (Lipinski definition) is 6. The summed E-state index contributed by atoms with van der Waals surface area (Å²) in [5.41, 5.74) is 0. The van der Waals surface area contributed by atoms with E-state index in [4.69, 9.17) is 18.5 Å². The lowest BCUT2D eigenvalue weighted by Crippen LogP contribution is -2.37. The largest absolute Gasteiger partial charge is 0.472 e. The van der Waals surface area contributed by atoms with E-state index in [1.807, 2.05) is 21.1 Å². The first-order valence-electron chi connectivity index (χ1n) is 24.0. The van der Waals surface area contributed by atoms with Crippen LogP contribution in [-0.2, 0) is 27.9 Å². The summed E-state index contributed by atoms with van der Waals surface area (Å²) in [6, 6.07) is 0. The Morgan fingerprint density at radius 1 is 0.542 bits per heavy atom. The van der Waals surface area contributed by atoms with E-state index in [0.29, 0.717) is 24.1 Å².